The third-order valence-corrected chi connectivity index (χ3v) is 11.0. The highest BCUT2D eigenvalue weighted by molar-refractivity contribution is 7.99. The summed E-state index contributed by atoms with van der Waals surface area (Å²) in [5.74, 6) is -0.163. The van der Waals surface area contributed by atoms with E-state index in [1.807, 2.05) is 0 Å². The van der Waals surface area contributed by atoms with E-state index in [9.17, 15) is 24.6 Å². The first-order valence-corrected chi connectivity index (χ1v) is 22.6. The van der Waals surface area contributed by atoms with Gasteiger partial charge in [0, 0.05) is 30.2 Å². The third kappa shape index (κ3) is 18.2. The summed E-state index contributed by atoms with van der Waals surface area (Å²) in [6.45, 7) is 4.84. The predicted octanol–water partition coefficient (Wildman–Crippen LogP) is 6.66. The van der Waals surface area contributed by atoms with Crippen LogP contribution in [0.5, 0.6) is 6.01 Å². The summed E-state index contributed by atoms with van der Waals surface area (Å²) < 4.78 is 6.85. The topological polar surface area (TPSA) is 233 Å². The van der Waals surface area contributed by atoms with E-state index in [-0.39, 0.29) is 36.7 Å². The molecular weight excluding hydrogens is 759 g/mol. The number of nitrogen functional groups attached to an aromatic ring is 1. The van der Waals surface area contributed by atoms with Gasteiger partial charge in [-0.15, -0.1) is 0 Å². The molecule has 0 aliphatic carbocycles. The van der Waals surface area contributed by atoms with Crippen LogP contribution < -0.4 is 27.4 Å². The van der Waals surface area contributed by atoms with Crippen molar-refractivity contribution in [2.75, 3.05) is 47.6 Å². The number of aromatic nitrogens is 4. The molecule has 58 heavy (non-hydrogen) atoms. The fourth-order valence-corrected chi connectivity index (χ4v) is 7.18. The maximum atomic E-state index is 12.9. The van der Waals surface area contributed by atoms with Crippen LogP contribution >= 0.6 is 11.8 Å². The molecule has 2 heterocycles. The fourth-order valence-electron chi connectivity index (χ4n) is 6.40. The van der Waals surface area contributed by atoms with Gasteiger partial charge in [-0.25, -0.2) is 0 Å². The number of hydrogen-bond acceptors (Lipinski definition) is 13. The summed E-state index contributed by atoms with van der Waals surface area (Å²) in [6.07, 6.45) is 21.5. The van der Waals surface area contributed by atoms with Gasteiger partial charge >= 0.3 is 5.97 Å². The van der Waals surface area contributed by atoms with Crippen molar-refractivity contribution in [3.63, 3.8) is 0 Å². The Morgan fingerprint density at radius 2 is 1.43 bits per heavy atom. The maximum absolute atomic E-state index is 12.9. The number of hydrogen-bond donors (Lipinski definition) is 7. The minimum atomic E-state index is -1.22. The van der Waals surface area contributed by atoms with Gasteiger partial charge in [0.05, 0.1) is 19.2 Å². The quantitative estimate of drug-likeness (QED) is 0.0258. The molecule has 9 N–H and O–H groups in total. The molecule has 2 amide bonds. The Labute approximate surface area is 348 Å². The lowest BCUT2D eigenvalue weighted by Gasteiger charge is -2.19. The summed E-state index contributed by atoms with van der Waals surface area (Å²) in [5.41, 5.74) is 14.0. The smallest absolute Gasteiger partial charge is 0.305 e. The molecular formula is C42H69N9O6S. The van der Waals surface area contributed by atoms with E-state index in [2.05, 4.69) is 44.7 Å². The van der Waals surface area contributed by atoms with Gasteiger partial charge in [0.1, 0.15) is 12.6 Å². The molecule has 0 saturated heterocycles. The molecule has 0 bridgehead atoms. The van der Waals surface area contributed by atoms with Crippen molar-refractivity contribution in [1.29, 1.82) is 0 Å². The molecule has 0 saturated carbocycles. The molecule has 0 spiro atoms. The minimum absolute atomic E-state index is 0.152. The second-order valence-corrected chi connectivity index (χ2v) is 16.1. The standard InChI is InChI=1S/C42H69N9O6S/c1-3-5-7-8-9-10-11-12-13-14-15-16-17-18-19-20-35(53)57-26-27-58-30-33(43)39(54)47-34(29-52)40(55)46-32-23-21-31(22-24-32)28-51-38-36(48-42(51)56)37(44)49-41(50-38)45-25-6-4-2/h21-24,33-34,52H,3-20,25-30,43H2,1-2H3,(H,46,55)(H,47,54)(H,48,56)(H3,44,45,49,50)/t33-,34+/m1/s1. The molecule has 324 valence electrons. The number of aromatic hydroxyl groups is 1. The highest BCUT2D eigenvalue weighted by Gasteiger charge is 2.24. The number of imidazole rings is 1. The molecule has 16 heteroatoms. The third-order valence-electron chi connectivity index (χ3n) is 9.90. The number of rotatable bonds is 32. The Morgan fingerprint density at radius 1 is 0.828 bits per heavy atom. The van der Waals surface area contributed by atoms with Gasteiger partial charge in [-0.05, 0) is 30.5 Å². The molecule has 2 aromatic heterocycles. The number of nitrogens with two attached hydrogens (primary N) is 2. The number of esters is 1. The lowest BCUT2D eigenvalue weighted by molar-refractivity contribution is -0.143. The van der Waals surface area contributed by atoms with Crippen LogP contribution in [0.1, 0.15) is 135 Å². The molecule has 2 atom stereocenters. The number of nitrogens with zero attached hydrogens (tertiary/aromatic N) is 4. The van der Waals surface area contributed by atoms with Crippen LogP contribution in [0.4, 0.5) is 17.5 Å². The number of unbranched alkanes of at least 4 members (excludes halogenated alkanes) is 15. The Morgan fingerprint density at radius 3 is 2.03 bits per heavy atom. The number of nitrogens with one attached hydrogen (secondary N) is 3. The van der Waals surface area contributed by atoms with Crippen LogP contribution in [0.3, 0.4) is 0 Å². The lowest BCUT2D eigenvalue weighted by Crippen LogP contribution is -2.52. The Bertz CT molecular complexity index is 1640. The number of anilines is 3. The number of aliphatic hydroxyl groups is 1. The van der Waals surface area contributed by atoms with Crippen molar-refractivity contribution in [2.24, 2.45) is 5.73 Å². The summed E-state index contributed by atoms with van der Waals surface area (Å²) in [6, 6.07) is 4.42. The zero-order valence-electron chi connectivity index (χ0n) is 34.8. The Balaban J connectivity index is 1.27. The molecule has 0 aliphatic rings. The van der Waals surface area contributed by atoms with Crippen molar-refractivity contribution in [3.8, 4) is 6.01 Å². The highest BCUT2D eigenvalue weighted by atomic mass is 32.2. The molecule has 3 rings (SSSR count). The number of carbonyl (C=O) groups excluding carboxylic acids is 3. The van der Waals surface area contributed by atoms with E-state index < -0.39 is 30.5 Å². The number of fused-ring (bicyclic) bond motifs is 1. The van der Waals surface area contributed by atoms with Gasteiger partial charge in [-0.2, -0.15) is 26.7 Å². The van der Waals surface area contributed by atoms with Gasteiger partial charge in [0.25, 0.3) is 6.01 Å². The van der Waals surface area contributed by atoms with E-state index in [1.165, 1.54) is 93.4 Å². The normalized spacial score (nSPS) is 12.3. The van der Waals surface area contributed by atoms with Crippen molar-refractivity contribution >= 4 is 58.2 Å². The van der Waals surface area contributed by atoms with Crippen molar-refractivity contribution in [3.05, 3.63) is 29.8 Å². The molecule has 0 aliphatic heterocycles. The number of aliphatic hydroxyl groups excluding tert-OH is 1. The van der Waals surface area contributed by atoms with Crippen LogP contribution in [0, 0.1) is 0 Å². The molecule has 3 aromatic rings. The van der Waals surface area contributed by atoms with E-state index in [0.717, 1.165) is 37.7 Å². The van der Waals surface area contributed by atoms with Crippen LogP contribution in [0.25, 0.3) is 11.2 Å². The van der Waals surface area contributed by atoms with Crippen LogP contribution in [0.15, 0.2) is 24.3 Å². The zero-order chi connectivity index (χ0) is 42.0. The van der Waals surface area contributed by atoms with Crippen molar-refractivity contribution in [2.45, 2.75) is 148 Å². The summed E-state index contributed by atoms with van der Waals surface area (Å²) in [7, 11) is 0. The van der Waals surface area contributed by atoms with Gasteiger partial charge in [-0.1, -0.05) is 122 Å². The number of amides is 2. The first-order valence-electron chi connectivity index (χ1n) is 21.4. The molecule has 1 aromatic carbocycles. The number of ether oxygens (including phenoxy) is 1. The second kappa shape index (κ2) is 28.3. The summed E-state index contributed by atoms with van der Waals surface area (Å²) in [4.78, 5) is 50.6. The predicted molar refractivity (Wildman–Crippen MR) is 234 cm³/mol. The molecule has 0 unspecified atom stereocenters. The van der Waals surface area contributed by atoms with Crippen LogP contribution in [-0.4, -0.2) is 90.9 Å². The van der Waals surface area contributed by atoms with Crippen molar-refractivity contribution in [1.82, 2.24) is 24.8 Å². The minimum Gasteiger partial charge on any atom is -0.480 e. The Hall–Kier alpha value is -4.15. The van der Waals surface area contributed by atoms with E-state index in [4.69, 9.17) is 16.2 Å². The summed E-state index contributed by atoms with van der Waals surface area (Å²) in [5, 5.41) is 28.7. The molecule has 0 fully saturated rings. The van der Waals surface area contributed by atoms with Crippen molar-refractivity contribution < 1.29 is 29.3 Å². The number of carbonyl (C=O) groups is 3. The maximum Gasteiger partial charge on any atom is 0.305 e. The van der Waals surface area contributed by atoms with E-state index in [0.29, 0.717) is 41.5 Å². The first-order chi connectivity index (χ1) is 28.2. The molecule has 15 nitrogen and oxygen atoms in total. The highest BCUT2D eigenvalue weighted by Crippen LogP contribution is 2.25. The van der Waals surface area contributed by atoms with Gasteiger partial charge in [0.2, 0.25) is 17.8 Å². The Kier molecular flexibility index (Phi) is 23.5. The monoisotopic (exact) mass is 828 g/mol. The lowest BCUT2D eigenvalue weighted by atomic mass is 10.0. The second-order valence-electron chi connectivity index (χ2n) is 14.9. The van der Waals surface area contributed by atoms with Crippen LogP contribution in [0.2, 0.25) is 0 Å². The zero-order valence-corrected chi connectivity index (χ0v) is 35.6. The number of thioether (sulfide) groups is 1. The number of benzene rings is 1. The largest absolute Gasteiger partial charge is 0.480 e. The van der Waals surface area contributed by atoms with Crippen LogP contribution in [-0.2, 0) is 25.7 Å². The molecule has 0 radical (unpaired) electrons. The average Bonchev–Trinajstić information content (AvgIpc) is 3.53. The fraction of sp³-hybridized carbons (Fsp3) is 0.667. The van der Waals surface area contributed by atoms with E-state index >= 15 is 0 Å². The van der Waals surface area contributed by atoms with Gasteiger partial charge in [0.15, 0.2) is 17.0 Å². The first kappa shape index (κ1) is 48.2. The SMILES string of the molecule is CCCCCCCCCCCCCCCCCC(=O)OCCSC[C@@H](N)C(=O)N[C@@H](CO)C(=O)Nc1ccc(Cn2c(O)nc3c(N)nc(NCCCC)nc32)cc1. The van der Waals surface area contributed by atoms with Gasteiger partial charge in [-0.3, -0.25) is 19.0 Å². The summed E-state index contributed by atoms with van der Waals surface area (Å²) >= 11 is 1.37. The van der Waals surface area contributed by atoms with Gasteiger partial charge < -0.3 is 42.4 Å². The van der Waals surface area contributed by atoms with E-state index in [1.54, 1.807) is 24.3 Å². The average molecular weight is 828 g/mol.